The molecule has 0 aliphatic carbocycles. The number of benzene rings is 2. The van der Waals surface area contributed by atoms with Crippen molar-refractivity contribution in [1.29, 1.82) is 0 Å². The van der Waals surface area contributed by atoms with Crippen molar-refractivity contribution in [2.24, 2.45) is 4.99 Å². The second kappa shape index (κ2) is 8.67. The molecule has 0 saturated carbocycles. The van der Waals surface area contributed by atoms with Gasteiger partial charge in [-0.25, -0.2) is 9.78 Å². The average Bonchev–Trinajstić information content (AvgIpc) is 3.25. The fourth-order valence-electron chi connectivity index (χ4n) is 2.95. The lowest BCUT2D eigenvalue weighted by Crippen LogP contribution is -2.14. The highest BCUT2D eigenvalue weighted by Crippen LogP contribution is 2.26. The van der Waals surface area contributed by atoms with Gasteiger partial charge in [0.2, 0.25) is 5.91 Å². The summed E-state index contributed by atoms with van der Waals surface area (Å²) in [5.41, 5.74) is 2.88. The molecule has 0 saturated heterocycles. The Hall–Kier alpha value is -2.84. The van der Waals surface area contributed by atoms with E-state index in [-0.39, 0.29) is 11.5 Å². The van der Waals surface area contributed by atoms with Crippen molar-refractivity contribution in [2.45, 2.75) is 0 Å². The fourth-order valence-corrected chi connectivity index (χ4v) is 4.76. The Kier molecular flexibility index (Phi) is 5.82. The van der Waals surface area contributed by atoms with Crippen molar-refractivity contribution < 1.29 is 14.7 Å². The van der Waals surface area contributed by atoms with Crippen LogP contribution in [-0.4, -0.2) is 44.4 Å². The number of thioether (sulfide) groups is 2. The largest absolute Gasteiger partial charge is 0.478 e. The van der Waals surface area contributed by atoms with Gasteiger partial charge in [0, 0.05) is 22.4 Å². The van der Waals surface area contributed by atoms with Crippen LogP contribution in [0.15, 0.2) is 59.6 Å². The highest BCUT2D eigenvalue weighted by atomic mass is 32.2. The summed E-state index contributed by atoms with van der Waals surface area (Å²) in [4.78, 5) is 32.7. The molecular formula is C21H17N3O3S2. The minimum Gasteiger partial charge on any atom is -0.478 e. The third-order valence-electron chi connectivity index (χ3n) is 4.30. The van der Waals surface area contributed by atoms with Crippen LogP contribution in [0.5, 0.6) is 0 Å². The van der Waals surface area contributed by atoms with Crippen molar-refractivity contribution in [3.63, 3.8) is 0 Å². The normalized spacial score (nSPS) is 13.3. The topological polar surface area (TPSA) is 91.7 Å². The third-order valence-corrected chi connectivity index (χ3v) is 6.55. The zero-order chi connectivity index (χ0) is 20.2. The zero-order valence-corrected chi connectivity index (χ0v) is 16.9. The van der Waals surface area contributed by atoms with Gasteiger partial charge in [0.05, 0.1) is 29.1 Å². The van der Waals surface area contributed by atoms with Gasteiger partial charge in [0.15, 0.2) is 0 Å². The Labute approximate surface area is 175 Å². The number of rotatable bonds is 5. The number of aromatic nitrogens is 1. The molecule has 29 heavy (non-hydrogen) atoms. The molecule has 1 aliphatic rings. The molecule has 1 amide bonds. The van der Waals surface area contributed by atoms with E-state index in [0.29, 0.717) is 28.0 Å². The van der Waals surface area contributed by atoms with Crippen LogP contribution in [0.1, 0.15) is 10.4 Å². The maximum Gasteiger partial charge on any atom is 0.336 e. The van der Waals surface area contributed by atoms with Gasteiger partial charge >= 0.3 is 5.97 Å². The number of nitrogens with one attached hydrogen (secondary N) is 1. The van der Waals surface area contributed by atoms with Crippen LogP contribution in [0, 0.1) is 0 Å². The summed E-state index contributed by atoms with van der Waals surface area (Å²) in [5, 5.41) is 13.0. The lowest BCUT2D eigenvalue weighted by Gasteiger charge is -2.09. The van der Waals surface area contributed by atoms with E-state index in [1.807, 2.05) is 18.2 Å². The fraction of sp³-hybridized carbons (Fsp3) is 0.143. The third kappa shape index (κ3) is 4.60. The molecule has 0 fully saturated rings. The SMILES string of the molecule is O=C(CSC1=NCCS1)Nc1ccc(-c2cc(C(=O)O)c3ccccc3n2)cc1. The number of hydrogen-bond donors (Lipinski definition) is 2. The van der Waals surface area contributed by atoms with E-state index in [9.17, 15) is 14.7 Å². The van der Waals surface area contributed by atoms with Crippen LogP contribution in [0.3, 0.4) is 0 Å². The molecule has 0 spiro atoms. The molecule has 146 valence electrons. The van der Waals surface area contributed by atoms with Crippen LogP contribution in [0.4, 0.5) is 5.69 Å². The molecule has 1 aliphatic heterocycles. The number of amides is 1. The molecule has 6 nitrogen and oxygen atoms in total. The van der Waals surface area contributed by atoms with Crippen LogP contribution in [-0.2, 0) is 4.79 Å². The van der Waals surface area contributed by atoms with E-state index in [1.54, 1.807) is 48.2 Å². The first-order chi connectivity index (χ1) is 14.1. The molecule has 0 unspecified atom stereocenters. The summed E-state index contributed by atoms with van der Waals surface area (Å²) in [6.07, 6.45) is 0. The average molecular weight is 424 g/mol. The number of nitrogens with zero attached hydrogens (tertiary/aromatic N) is 2. The number of carbonyl (C=O) groups excluding carboxylic acids is 1. The number of aromatic carboxylic acids is 1. The van der Waals surface area contributed by atoms with Gasteiger partial charge in [-0.05, 0) is 24.3 Å². The Morgan fingerprint density at radius 1 is 1.14 bits per heavy atom. The molecule has 2 heterocycles. The minimum atomic E-state index is -0.990. The van der Waals surface area contributed by atoms with E-state index in [2.05, 4.69) is 15.3 Å². The molecule has 4 rings (SSSR count). The van der Waals surface area contributed by atoms with Gasteiger partial charge < -0.3 is 10.4 Å². The van der Waals surface area contributed by atoms with Crippen molar-refractivity contribution in [1.82, 2.24) is 4.98 Å². The second-order valence-electron chi connectivity index (χ2n) is 6.29. The molecule has 2 aromatic carbocycles. The predicted molar refractivity (Wildman–Crippen MR) is 120 cm³/mol. The summed E-state index contributed by atoms with van der Waals surface area (Å²) in [5.74, 6) is 0.228. The first kappa shape index (κ1) is 19.5. The molecule has 1 aromatic heterocycles. The number of pyridine rings is 1. The van der Waals surface area contributed by atoms with Gasteiger partial charge in [0.25, 0.3) is 0 Å². The summed E-state index contributed by atoms with van der Waals surface area (Å²) in [6.45, 7) is 0.822. The lowest BCUT2D eigenvalue weighted by molar-refractivity contribution is -0.113. The Bertz CT molecular complexity index is 1110. The van der Waals surface area contributed by atoms with Gasteiger partial charge in [0.1, 0.15) is 4.38 Å². The number of aliphatic imine (C=N–C) groups is 1. The van der Waals surface area contributed by atoms with Crippen LogP contribution < -0.4 is 5.32 Å². The zero-order valence-electron chi connectivity index (χ0n) is 15.3. The number of carboxylic acids is 1. The first-order valence-electron chi connectivity index (χ1n) is 8.93. The Morgan fingerprint density at radius 2 is 1.93 bits per heavy atom. The second-order valence-corrected chi connectivity index (χ2v) is 8.59. The van der Waals surface area contributed by atoms with Gasteiger partial charge in [-0.1, -0.05) is 53.9 Å². The quantitative estimate of drug-likeness (QED) is 0.633. The van der Waals surface area contributed by atoms with Crippen molar-refractivity contribution >= 4 is 56.4 Å². The Morgan fingerprint density at radius 3 is 2.66 bits per heavy atom. The monoisotopic (exact) mass is 423 g/mol. The smallest absolute Gasteiger partial charge is 0.336 e. The summed E-state index contributed by atoms with van der Waals surface area (Å²) in [6, 6.07) is 16.0. The van der Waals surface area contributed by atoms with E-state index >= 15 is 0 Å². The number of para-hydroxylation sites is 1. The maximum atomic E-state index is 12.1. The molecule has 8 heteroatoms. The first-order valence-corrected chi connectivity index (χ1v) is 10.9. The standard InChI is InChI=1S/C21H17N3O3S2/c25-19(12-29-21-22-9-10-28-21)23-14-7-5-13(6-8-14)18-11-16(20(26)27)15-3-1-2-4-17(15)24-18/h1-8,11H,9-10,12H2,(H,23,25)(H,26,27). The number of carbonyl (C=O) groups is 2. The number of hydrogen-bond acceptors (Lipinski definition) is 6. The van der Waals surface area contributed by atoms with Crippen LogP contribution in [0.2, 0.25) is 0 Å². The molecule has 2 N–H and O–H groups in total. The van der Waals surface area contributed by atoms with Crippen molar-refractivity contribution in [3.05, 3.63) is 60.2 Å². The van der Waals surface area contributed by atoms with E-state index in [0.717, 1.165) is 22.2 Å². The molecule has 3 aromatic rings. The maximum absolute atomic E-state index is 12.1. The molecule has 0 radical (unpaired) electrons. The van der Waals surface area contributed by atoms with E-state index in [4.69, 9.17) is 0 Å². The van der Waals surface area contributed by atoms with Gasteiger partial charge in [-0.2, -0.15) is 0 Å². The van der Waals surface area contributed by atoms with E-state index in [1.165, 1.54) is 11.8 Å². The summed E-state index contributed by atoms with van der Waals surface area (Å²) < 4.78 is 0.965. The van der Waals surface area contributed by atoms with Crippen molar-refractivity contribution in [3.8, 4) is 11.3 Å². The van der Waals surface area contributed by atoms with Crippen LogP contribution >= 0.6 is 23.5 Å². The number of anilines is 1. The van der Waals surface area contributed by atoms with Crippen LogP contribution in [0.25, 0.3) is 22.2 Å². The highest BCUT2D eigenvalue weighted by molar-refractivity contribution is 8.39. The summed E-state index contributed by atoms with van der Waals surface area (Å²) in [7, 11) is 0. The van der Waals surface area contributed by atoms with E-state index < -0.39 is 5.97 Å². The van der Waals surface area contributed by atoms with Gasteiger partial charge in [-0.15, -0.1) is 0 Å². The van der Waals surface area contributed by atoms with Gasteiger partial charge in [-0.3, -0.25) is 9.79 Å². The molecular weight excluding hydrogens is 406 g/mol. The van der Waals surface area contributed by atoms with Crippen molar-refractivity contribution in [2.75, 3.05) is 23.4 Å². The number of fused-ring (bicyclic) bond motifs is 1. The molecule has 0 bridgehead atoms. The lowest BCUT2D eigenvalue weighted by atomic mass is 10.0. The summed E-state index contributed by atoms with van der Waals surface area (Å²) >= 11 is 3.13. The number of carboxylic acid groups (broad SMARTS) is 1. The predicted octanol–water partition coefficient (Wildman–Crippen LogP) is 4.37. The minimum absolute atomic E-state index is 0.0880. The highest BCUT2D eigenvalue weighted by Gasteiger charge is 2.13. The molecule has 0 atom stereocenters. The Balaban J connectivity index is 1.50.